The molecule has 0 saturated carbocycles. The monoisotopic (exact) mass is 334 g/mol. The second-order valence-electron chi connectivity index (χ2n) is 6.80. The van der Waals surface area contributed by atoms with Gasteiger partial charge in [-0.3, -0.25) is 9.69 Å². The number of anilines is 1. The first-order valence-electron chi connectivity index (χ1n) is 8.68. The van der Waals surface area contributed by atoms with E-state index in [1.54, 1.807) is 0 Å². The van der Waals surface area contributed by atoms with Gasteiger partial charge in [0, 0.05) is 37.3 Å². The van der Waals surface area contributed by atoms with Gasteiger partial charge in [0.15, 0.2) is 0 Å². The zero-order valence-corrected chi connectivity index (χ0v) is 14.4. The number of nitrogens with zero attached hydrogens (tertiary/aromatic N) is 4. The lowest BCUT2D eigenvalue weighted by molar-refractivity contribution is -0.138. The molecule has 3 heterocycles. The third-order valence-electron chi connectivity index (χ3n) is 4.63. The molecule has 2 atom stereocenters. The van der Waals surface area contributed by atoms with Crippen LogP contribution >= 0.6 is 0 Å². The summed E-state index contributed by atoms with van der Waals surface area (Å²) in [5.74, 6) is 1.27. The van der Waals surface area contributed by atoms with E-state index >= 15 is 0 Å². The van der Waals surface area contributed by atoms with Crippen LogP contribution in [-0.4, -0.2) is 71.4 Å². The van der Waals surface area contributed by atoms with Crippen molar-refractivity contribution in [3.05, 3.63) is 17.6 Å². The highest BCUT2D eigenvalue weighted by molar-refractivity contribution is 5.69. The summed E-state index contributed by atoms with van der Waals surface area (Å²) in [5, 5.41) is 9.18. The van der Waals surface area contributed by atoms with E-state index in [2.05, 4.69) is 27.9 Å². The van der Waals surface area contributed by atoms with Crippen molar-refractivity contribution in [1.82, 2.24) is 14.9 Å². The zero-order chi connectivity index (χ0) is 17.1. The fourth-order valence-corrected chi connectivity index (χ4v) is 3.64. The molecule has 0 spiro atoms. The molecule has 0 amide bonds. The number of hydrogen-bond acceptors (Lipinski definition) is 6. The number of carboxylic acid groups (broad SMARTS) is 1. The average molecular weight is 334 g/mol. The van der Waals surface area contributed by atoms with Crippen molar-refractivity contribution in [1.29, 1.82) is 0 Å². The van der Waals surface area contributed by atoms with Crippen molar-refractivity contribution in [3.8, 4) is 0 Å². The van der Waals surface area contributed by atoms with Gasteiger partial charge in [-0.15, -0.1) is 0 Å². The van der Waals surface area contributed by atoms with Crippen LogP contribution < -0.4 is 4.90 Å². The molecule has 7 heteroatoms. The molecule has 24 heavy (non-hydrogen) atoms. The number of ether oxygens (including phenoxy) is 1. The van der Waals surface area contributed by atoms with Crippen molar-refractivity contribution in [2.75, 3.05) is 44.3 Å². The Kier molecular flexibility index (Phi) is 5.30. The summed E-state index contributed by atoms with van der Waals surface area (Å²) in [6.45, 7) is 7.75. The highest BCUT2D eigenvalue weighted by Crippen LogP contribution is 2.24. The molecule has 0 radical (unpaired) electrons. The number of aliphatic carboxylic acids is 1. The van der Waals surface area contributed by atoms with Crippen LogP contribution in [0.15, 0.2) is 6.07 Å². The summed E-state index contributed by atoms with van der Waals surface area (Å²) in [6.07, 6.45) is 2.01. The van der Waals surface area contributed by atoms with Crippen LogP contribution in [0.4, 0.5) is 5.82 Å². The van der Waals surface area contributed by atoms with Crippen molar-refractivity contribution < 1.29 is 14.6 Å². The highest BCUT2D eigenvalue weighted by atomic mass is 16.5. The maximum absolute atomic E-state index is 11.2. The van der Waals surface area contributed by atoms with Crippen LogP contribution in [-0.2, 0) is 16.0 Å². The number of hydrogen-bond donors (Lipinski definition) is 1. The van der Waals surface area contributed by atoms with Crippen molar-refractivity contribution >= 4 is 11.8 Å². The van der Waals surface area contributed by atoms with Gasteiger partial charge in [0.05, 0.1) is 25.8 Å². The molecule has 0 aromatic carbocycles. The first kappa shape index (κ1) is 17.1. The fourth-order valence-electron chi connectivity index (χ4n) is 3.64. The van der Waals surface area contributed by atoms with Gasteiger partial charge in [0.25, 0.3) is 0 Å². The minimum absolute atomic E-state index is 0.0717. The topological polar surface area (TPSA) is 78.8 Å². The molecular formula is C17H26N4O3. The fraction of sp³-hybridized carbons (Fsp3) is 0.706. The third kappa shape index (κ3) is 4.02. The molecule has 132 valence electrons. The normalized spacial score (nSPS) is 24.7. The van der Waals surface area contributed by atoms with E-state index in [1.807, 2.05) is 11.8 Å². The molecule has 0 unspecified atom stereocenters. The van der Waals surface area contributed by atoms with Gasteiger partial charge < -0.3 is 14.7 Å². The zero-order valence-electron chi connectivity index (χ0n) is 14.4. The van der Waals surface area contributed by atoms with E-state index in [9.17, 15) is 9.90 Å². The van der Waals surface area contributed by atoms with Crippen LogP contribution in [0.2, 0.25) is 0 Å². The molecule has 2 aliphatic heterocycles. The largest absolute Gasteiger partial charge is 0.480 e. The Morgan fingerprint density at radius 1 is 1.33 bits per heavy atom. The number of aromatic nitrogens is 2. The molecule has 1 aromatic rings. The second-order valence-corrected chi connectivity index (χ2v) is 6.80. The number of fused-ring (bicyclic) bond motifs is 3. The third-order valence-corrected chi connectivity index (χ3v) is 4.63. The molecule has 2 saturated heterocycles. The lowest BCUT2D eigenvalue weighted by Gasteiger charge is -2.31. The Morgan fingerprint density at radius 3 is 2.92 bits per heavy atom. The van der Waals surface area contributed by atoms with E-state index in [4.69, 9.17) is 4.74 Å². The molecule has 1 N–H and O–H groups in total. The van der Waals surface area contributed by atoms with E-state index in [0.717, 1.165) is 49.8 Å². The van der Waals surface area contributed by atoms with Crippen molar-refractivity contribution in [2.45, 2.75) is 32.7 Å². The molecule has 1 aromatic heterocycles. The van der Waals surface area contributed by atoms with Crippen molar-refractivity contribution in [3.63, 3.8) is 0 Å². The van der Waals surface area contributed by atoms with E-state index < -0.39 is 5.97 Å². The molecule has 2 aliphatic rings. The lowest BCUT2D eigenvalue weighted by atomic mass is 10.1. The first-order chi connectivity index (χ1) is 11.5. The Balaban J connectivity index is 1.84. The van der Waals surface area contributed by atoms with Gasteiger partial charge >= 0.3 is 5.97 Å². The minimum Gasteiger partial charge on any atom is -0.480 e. The molecule has 2 fully saturated rings. The van der Waals surface area contributed by atoms with Crippen LogP contribution in [0.5, 0.6) is 0 Å². The van der Waals surface area contributed by atoms with Crippen LogP contribution in [0.3, 0.4) is 0 Å². The number of carbonyl (C=O) groups is 1. The molecule has 3 rings (SSSR count). The predicted molar refractivity (Wildman–Crippen MR) is 90.3 cm³/mol. The highest BCUT2D eigenvalue weighted by Gasteiger charge is 2.34. The molecular weight excluding hydrogens is 308 g/mol. The Morgan fingerprint density at radius 2 is 2.17 bits per heavy atom. The lowest BCUT2D eigenvalue weighted by Crippen LogP contribution is -2.46. The summed E-state index contributed by atoms with van der Waals surface area (Å²) >= 11 is 0. The van der Waals surface area contributed by atoms with Gasteiger partial charge in [-0.05, 0) is 13.3 Å². The van der Waals surface area contributed by atoms with Gasteiger partial charge in [-0.25, -0.2) is 9.97 Å². The van der Waals surface area contributed by atoms with E-state index in [1.165, 1.54) is 0 Å². The van der Waals surface area contributed by atoms with E-state index in [-0.39, 0.29) is 12.6 Å². The molecule has 7 nitrogen and oxygen atoms in total. The minimum atomic E-state index is -0.780. The summed E-state index contributed by atoms with van der Waals surface area (Å²) in [5.41, 5.74) is 1.08. The quantitative estimate of drug-likeness (QED) is 0.859. The Bertz CT molecular complexity index is 595. The smallest absolute Gasteiger partial charge is 0.317 e. The van der Waals surface area contributed by atoms with Crippen LogP contribution in [0, 0.1) is 12.8 Å². The van der Waals surface area contributed by atoms with Gasteiger partial charge in [0.2, 0.25) is 0 Å². The van der Waals surface area contributed by atoms with Gasteiger partial charge in [-0.1, -0.05) is 13.3 Å². The summed E-state index contributed by atoms with van der Waals surface area (Å²) in [6, 6.07) is 2.17. The van der Waals surface area contributed by atoms with Crippen molar-refractivity contribution in [2.24, 2.45) is 5.92 Å². The summed E-state index contributed by atoms with van der Waals surface area (Å²) in [4.78, 5) is 24.6. The maximum Gasteiger partial charge on any atom is 0.317 e. The van der Waals surface area contributed by atoms with Gasteiger partial charge in [0.1, 0.15) is 11.6 Å². The van der Waals surface area contributed by atoms with E-state index in [0.29, 0.717) is 19.1 Å². The number of rotatable bonds is 5. The predicted octanol–water partition coefficient (Wildman–Crippen LogP) is 0.959. The van der Waals surface area contributed by atoms with Gasteiger partial charge in [-0.2, -0.15) is 0 Å². The molecule has 2 bridgehead atoms. The number of carboxylic acids is 1. The molecule has 0 aliphatic carbocycles. The summed E-state index contributed by atoms with van der Waals surface area (Å²) < 4.78 is 5.75. The average Bonchev–Trinajstić information content (AvgIpc) is 2.76. The Labute approximate surface area is 142 Å². The SMILES string of the molecule is CCCc1cc(N2C[C@@H]3COC[C@H](C2)N(CC(=O)O)C3)nc(C)n1. The number of aryl methyl sites for hydroxylation is 2. The Hall–Kier alpha value is -1.73. The van der Waals surface area contributed by atoms with Crippen LogP contribution in [0.1, 0.15) is 24.9 Å². The standard InChI is InChI=1S/C17H26N4O3/c1-3-4-14-5-16(19-12(2)18-14)21-7-13-6-20(9-17(22)23)15(8-21)11-24-10-13/h5,13,15H,3-4,6-11H2,1-2H3,(H,22,23)/t13-,15+/m1/s1. The second kappa shape index (κ2) is 7.44. The van der Waals surface area contributed by atoms with Crippen LogP contribution in [0.25, 0.3) is 0 Å². The maximum atomic E-state index is 11.2. The summed E-state index contributed by atoms with van der Waals surface area (Å²) in [7, 11) is 0. The first-order valence-corrected chi connectivity index (χ1v) is 8.68.